The Morgan fingerprint density at radius 3 is 1.98 bits per heavy atom. The monoisotopic (exact) mass is 747 g/mol. The topological polar surface area (TPSA) is 98.1 Å². The Balaban J connectivity index is 1.01. The second kappa shape index (κ2) is 15.6. The maximum Gasteiger partial charge on any atom is 0.328 e. The second-order valence-electron chi connectivity index (χ2n) is 14.4. The molecule has 57 heavy (non-hydrogen) atoms. The standard InChI is InChI=1S/C48H41N7O2/c1-57-47(56)45-30-40(33-54(45)41-29-36-15-11-14-24-44(36)50-32-41)49-31-34-25-27-35(28-26-34)42-22-12-13-23-43(42)46-51-52-53-55(46)48(37-16-5-2-6-17-37,38-18-7-3-8-19-38)39-20-9-4-10-21-39/h2-29,32,40,45,49H,30-31,33H2,1H3/t40-,45-/m0/s1. The number of hydrogen-bond acceptors (Lipinski definition) is 8. The van der Waals surface area contributed by atoms with E-state index in [9.17, 15) is 4.79 Å². The lowest BCUT2D eigenvalue weighted by Gasteiger charge is -2.36. The summed E-state index contributed by atoms with van der Waals surface area (Å²) < 4.78 is 7.20. The van der Waals surface area contributed by atoms with Crippen LogP contribution in [0.15, 0.2) is 176 Å². The fraction of sp³-hybridized carbons (Fsp3) is 0.146. The van der Waals surface area contributed by atoms with Crippen LogP contribution in [0, 0.1) is 0 Å². The molecule has 2 aromatic heterocycles. The van der Waals surface area contributed by atoms with Crippen LogP contribution >= 0.6 is 0 Å². The Labute approximate surface area is 331 Å². The minimum Gasteiger partial charge on any atom is -0.467 e. The van der Waals surface area contributed by atoms with E-state index in [1.807, 2.05) is 59.4 Å². The number of aromatic nitrogens is 5. The molecule has 0 aliphatic carbocycles. The predicted molar refractivity (Wildman–Crippen MR) is 223 cm³/mol. The Bertz CT molecular complexity index is 2520. The molecule has 0 saturated carbocycles. The molecule has 9 heteroatoms. The average Bonchev–Trinajstić information content (AvgIpc) is 3.96. The Kier molecular flexibility index (Phi) is 9.80. The maximum absolute atomic E-state index is 12.9. The normalized spacial score (nSPS) is 15.5. The summed E-state index contributed by atoms with van der Waals surface area (Å²) >= 11 is 0. The van der Waals surface area contributed by atoms with E-state index in [0.29, 0.717) is 25.3 Å². The number of carbonyl (C=O) groups is 1. The summed E-state index contributed by atoms with van der Waals surface area (Å²) in [5.74, 6) is 0.413. The molecule has 3 heterocycles. The third kappa shape index (κ3) is 6.72. The number of methoxy groups -OCH3 is 1. The maximum atomic E-state index is 12.9. The molecule has 1 aliphatic rings. The van der Waals surface area contributed by atoms with Crippen molar-refractivity contribution in [2.24, 2.45) is 0 Å². The van der Waals surface area contributed by atoms with Crippen molar-refractivity contribution in [3.8, 4) is 22.5 Å². The van der Waals surface area contributed by atoms with Crippen molar-refractivity contribution in [1.29, 1.82) is 0 Å². The SMILES string of the molecule is COC(=O)[C@@H]1C[C@H](NCc2ccc(-c3ccccc3-c3nnnn3C(c3ccccc3)(c3ccccc3)c3ccccc3)cc2)CN1c1cnc2ccccc2c1. The summed E-state index contributed by atoms with van der Waals surface area (Å²) in [6, 6.07) is 58.0. The summed E-state index contributed by atoms with van der Waals surface area (Å²) in [6.07, 6.45) is 2.48. The zero-order valence-electron chi connectivity index (χ0n) is 31.5. The number of anilines is 1. The lowest BCUT2D eigenvalue weighted by atomic mass is 9.77. The molecule has 1 saturated heterocycles. The zero-order chi connectivity index (χ0) is 38.6. The van der Waals surface area contributed by atoms with E-state index in [1.165, 1.54) is 7.11 Å². The minimum atomic E-state index is -0.862. The number of fused-ring (bicyclic) bond motifs is 1. The van der Waals surface area contributed by atoms with Gasteiger partial charge in [-0.1, -0.05) is 158 Å². The number of esters is 1. The lowest BCUT2D eigenvalue weighted by molar-refractivity contribution is -0.142. The molecule has 0 spiro atoms. The van der Waals surface area contributed by atoms with Crippen LogP contribution in [0.2, 0.25) is 0 Å². The number of rotatable bonds is 11. The number of benzene rings is 6. The second-order valence-corrected chi connectivity index (χ2v) is 14.4. The lowest BCUT2D eigenvalue weighted by Crippen LogP contribution is -2.39. The first-order chi connectivity index (χ1) is 28.1. The molecule has 2 atom stereocenters. The van der Waals surface area contributed by atoms with Crippen molar-refractivity contribution in [3.63, 3.8) is 0 Å². The van der Waals surface area contributed by atoms with Gasteiger partial charge in [-0.3, -0.25) is 4.98 Å². The Hall–Kier alpha value is -6.97. The summed E-state index contributed by atoms with van der Waals surface area (Å²) in [5, 5.41) is 18.6. The van der Waals surface area contributed by atoms with Crippen molar-refractivity contribution >= 4 is 22.6 Å². The van der Waals surface area contributed by atoms with Gasteiger partial charge in [0.2, 0.25) is 0 Å². The van der Waals surface area contributed by atoms with Crippen molar-refractivity contribution in [1.82, 2.24) is 30.5 Å². The van der Waals surface area contributed by atoms with Crippen LogP contribution in [0.4, 0.5) is 5.69 Å². The third-order valence-corrected chi connectivity index (χ3v) is 11.1. The van der Waals surface area contributed by atoms with E-state index >= 15 is 0 Å². The van der Waals surface area contributed by atoms with Crippen molar-refractivity contribution in [2.75, 3.05) is 18.6 Å². The fourth-order valence-corrected chi connectivity index (χ4v) is 8.33. The van der Waals surface area contributed by atoms with Gasteiger partial charge in [0.05, 0.1) is 24.5 Å². The third-order valence-electron chi connectivity index (χ3n) is 11.1. The highest BCUT2D eigenvalue weighted by Gasteiger charge is 2.42. The number of carbonyl (C=O) groups excluding carboxylic acids is 1. The number of pyridine rings is 1. The van der Waals surface area contributed by atoms with Gasteiger partial charge in [0.1, 0.15) is 11.6 Å². The molecule has 8 aromatic rings. The van der Waals surface area contributed by atoms with Crippen LogP contribution in [-0.4, -0.2) is 56.9 Å². The van der Waals surface area contributed by atoms with Gasteiger partial charge in [0, 0.05) is 30.1 Å². The van der Waals surface area contributed by atoms with E-state index in [0.717, 1.165) is 55.5 Å². The Morgan fingerprint density at radius 2 is 1.33 bits per heavy atom. The van der Waals surface area contributed by atoms with Crippen molar-refractivity contribution in [3.05, 3.63) is 198 Å². The number of tetrazole rings is 1. The van der Waals surface area contributed by atoms with E-state index in [4.69, 9.17) is 15.0 Å². The van der Waals surface area contributed by atoms with Crippen LogP contribution < -0.4 is 10.2 Å². The van der Waals surface area contributed by atoms with E-state index in [2.05, 4.69) is 142 Å². The van der Waals surface area contributed by atoms with E-state index in [-0.39, 0.29) is 12.0 Å². The molecule has 1 aliphatic heterocycles. The molecule has 280 valence electrons. The van der Waals surface area contributed by atoms with Gasteiger partial charge < -0.3 is 15.0 Å². The summed E-state index contributed by atoms with van der Waals surface area (Å²) in [5.41, 5.74) is 8.24. The average molecular weight is 748 g/mol. The summed E-state index contributed by atoms with van der Waals surface area (Å²) in [4.78, 5) is 19.7. The zero-order valence-corrected chi connectivity index (χ0v) is 31.5. The van der Waals surface area contributed by atoms with E-state index in [1.54, 1.807) is 0 Å². The van der Waals surface area contributed by atoms with Crippen molar-refractivity contribution in [2.45, 2.75) is 30.6 Å². The van der Waals surface area contributed by atoms with Gasteiger partial charge in [-0.2, -0.15) is 0 Å². The molecule has 0 radical (unpaired) electrons. The highest BCUT2D eigenvalue weighted by Crippen LogP contribution is 2.43. The highest BCUT2D eigenvalue weighted by molar-refractivity contribution is 5.85. The molecular formula is C48H41N7O2. The minimum absolute atomic E-state index is 0.0824. The number of nitrogens with zero attached hydrogens (tertiary/aromatic N) is 6. The van der Waals surface area contributed by atoms with Gasteiger partial charge in [-0.05, 0) is 62.4 Å². The molecular weight excluding hydrogens is 707 g/mol. The first-order valence-corrected chi connectivity index (χ1v) is 19.2. The van der Waals surface area contributed by atoms with E-state index < -0.39 is 11.6 Å². The molecule has 1 N–H and O–H groups in total. The van der Waals surface area contributed by atoms with Crippen LogP contribution in [0.3, 0.4) is 0 Å². The smallest absolute Gasteiger partial charge is 0.328 e. The molecule has 6 aromatic carbocycles. The Morgan fingerprint density at radius 1 is 0.737 bits per heavy atom. The molecule has 0 amide bonds. The number of hydrogen-bond donors (Lipinski definition) is 1. The van der Waals surface area contributed by atoms with Gasteiger partial charge in [0.15, 0.2) is 5.82 Å². The number of para-hydroxylation sites is 1. The van der Waals surface area contributed by atoms with Crippen LogP contribution in [-0.2, 0) is 21.6 Å². The van der Waals surface area contributed by atoms with Gasteiger partial charge in [-0.15, -0.1) is 5.10 Å². The molecule has 1 fully saturated rings. The van der Waals surface area contributed by atoms with Gasteiger partial charge in [0.25, 0.3) is 0 Å². The molecule has 0 unspecified atom stereocenters. The number of ether oxygens (including phenoxy) is 1. The predicted octanol–water partition coefficient (Wildman–Crippen LogP) is 8.31. The molecule has 9 rings (SSSR count). The summed E-state index contributed by atoms with van der Waals surface area (Å²) in [7, 11) is 1.45. The van der Waals surface area contributed by atoms with Crippen LogP contribution in [0.25, 0.3) is 33.4 Å². The first-order valence-electron chi connectivity index (χ1n) is 19.2. The molecule has 0 bridgehead atoms. The quantitative estimate of drug-likeness (QED) is 0.104. The largest absolute Gasteiger partial charge is 0.467 e. The van der Waals surface area contributed by atoms with Crippen LogP contribution in [0.5, 0.6) is 0 Å². The van der Waals surface area contributed by atoms with Crippen molar-refractivity contribution < 1.29 is 9.53 Å². The highest BCUT2D eigenvalue weighted by atomic mass is 16.5. The number of nitrogens with one attached hydrogen (secondary N) is 1. The van der Waals surface area contributed by atoms with Crippen LogP contribution in [0.1, 0.15) is 28.7 Å². The fourth-order valence-electron chi connectivity index (χ4n) is 8.33. The van der Waals surface area contributed by atoms with Gasteiger partial charge >= 0.3 is 5.97 Å². The van der Waals surface area contributed by atoms with Gasteiger partial charge in [-0.25, -0.2) is 9.48 Å². The first kappa shape index (κ1) is 35.7. The molecule has 9 nitrogen and oxygen atoms in total. The summed E-state index contributed by atoms with van der Waals surface area (Å²) in [6.45, 7) is 1.31.